The van der Waals surface area contributed by atoms with E-state index in [9.17, 15) is 0 Å². The molecule has 0 saturated heterocycles. The Bertz CT molecular complexity index is 1780. The molecule has 2 unspecified atom stereocenters. The van der Waals surface area contributed by atoms with Gasteiger partial charge in [-0.2, -0.15) is 9.13 Å². The summed E-state index contributed by atoms with van der Waals surface area (Å²) in [7, 11) is 2.14. The zero-order chi connectivity index (χ0) is 27.8. The first kappa shape index (κ1) is 25.1. The largest absolute Gasteiger partial charge is 0.213 e. The van der Waals surface area contributed by atoms with Crippen molar-refractivity contribution in [2.75, 3.05) is 0 Å². The van der Waals surface area contributed by atoms with Crippen LogP contribution in [0, 0.1) is 6.92 Å². The molecule has 6 aromatic rings. The molecule has 41 heavy (non-hydrogen) atoms. The first-order valence-corrected chi connectivity index (χ1v) is 14.4. The van der Waals surface area contributed by atoms with Crippen molar-refractivity contribution in [3.63, 3.8) is 0 Å². The molecule has 198 valence electrons. The lowest BCUT2D eigenvalue weighted by atomic mass is 9.79. The molecule has 1 aliphatic rings. The van der Waals surface area contributed by atoms with Gasteiger partial charge in [0.2, 0.25) is 17.1 Å². The second-order valence-corrected chi connectivity index (χ2v) is 11.0. The highest BCUT2D eigenvalue weighted by Crippen LogP contribution is 2.42. The molecule has 0 fully saturated rings. The van der Waals surface area contributed by atoms with E-state index < -0.39 is 0 Å². The van der Waals surface area contributed by atoms with Crippen LogP contribution in [0.1, 0.15) is 28.7 Å². The summed E-state index contributed by atoms with van der Waals surface area (Å²) in [6.07, 6.45) is 6.65. The lowest BCUT2D eigenvalue weighted by Gasteiger charge is -2.29. The lowest BCUT2D eigenvalue weighted by Crippen LogP contribution is -2.51. The van der Waals surface area contributed by atoms with E-state index in [0.717, 1.165) is 6.54 Å². The highest BCUT2D eigenvalue weighted by molar-refractivity contribution is 5.66. The second-order valence-electron chi connectivity index (χ2n) is 11.0. The summed E-state index contributed by atoms with van der Waals surface area (Å²) >= 11 is 0. The number of fused-ring (bicyclic) bond motifs is 3. The standard InChI is InChI=1S/C38H34N3/c1-28-15-3-4-16-29(28)37-23-11-14-26-41(37)38(33-20-8-7-19-32(33)35-21-9-12-24-39(35)2)34-27-40-25-13-10-22-36(40)31-18-6-5-17-30(31)34/h3-26,34,38H,27H2,1-2H3/q+3. The fourth-order valence-corrected chi connectivity index (χ4v) is 6.65. The van der Waals surface area contributed by atoms with E-state index in [0.29, 0.717) is 0 Å². The maximum atomic E-state index is 2.53. The predicted octanol–water partition coefficient (Wildman–Crippen LogP) is 6.78. The second kappa shape index (κ2) is 10.6. The van der Waals surface area contributed by atoms with Gasteiger partial charge in [-0.15, -0.1) is 0 Å². The molecule has 0 N–H and O–H groups in total. The molecule has 3 heteroatoms. The molecule has 3 aromatic heterocycles. The normalized spacial score (nSPS) is 14.6. The third kappa shape index (κ3) is 4.44. The number of benzene rings is 3. The van der Waals surface area contributed by atoms with Crippen LogP contribution >= 0.6 is 0 Å². The third-order valence-electron chi connectivity index (χ3n) is 8.57. The number of pyridine rings is 3. The van der Waals surface area contributed by atoms with E-state index in [1.165, 1.54) is 50.5 Å². The van der Waals surface area contributed by atoms with E-state index in [1.54, 1.807) is 0 Å². The average molecular weight is 533 g/mol. The summed E-state index contributed by atoms with van der Waals surface area (Å²) in [5.74, 6) is 0.205. The summed E-state index contributed by atoms with van der Waals surface area (Å²) in [5, 5.41) is 0. The highest BCUT2D eigenvalue weighted by Gasteiger charge is 2.43. The minimum atomic E-state index is 0.0456. The van der Waals surface area contributed by atoms with E-state index >= 15 is 0 Å². The van der Waals surface area contributed by atoms with Crippen LogP contribution in [0.5, 0.6) is 0 Å². The van der Waals surface area contributed by atoms with Crippen LogP contribution in [0.2, 0.25) is 0 Å². The molecule has 1 aliphatic heterocycles. The molecule has 3 aromatic carbocycles. The van der Waals surface area contributed by atoms with Gasteiger partial charge in [0.05, 0.1) is 11.1 Å². The van der Waals surface area contributed by atoms with Gasteiger partial charge in [0, 0.05) is 47.5 Å². The molecule has 0 bridgehead atoms. The molecular formula is C38H34N3+3. The number of aryl methyl sites for hydroxylation is 2. The van der Waals surface area contributed by atoms with E-state index in [-0.39, 0.29) is 12.0 Å². The van der Waals surface area contributed by atoms with Crippen LogP contribution in [0.3, 0.4) is 0 Å². The van der Waals surface area contributed by atoms with Crippen LogP contribution in [-0.2, 0) is 13.6 Å². The van der Waals surface area contributed by atoms with Crippen LogP contribution in [-0.4, -0.2) is 0 Å². The molecule has 0 aliphatic carbocycles. The van der Waals surface area contributed by atoms with Gasteiger partial charge in [-0.25, -0.2) is 4.57 Å². The van der Waals surface area contributed by atoms with Crippen molar-refractivity contribution >= 4 is 0 Å². The van der Waals surface area contributed by atoms with E-state index in [4.69, 9.17) is 0 Å². The molecule has 0 spiro atoms. The van der Waals surface area contributed by atoms with Crippen molar-refractivity contribution in [3.05, 3.63) is 163 Å². The highest BCUT2D eigenvalue weighted by atomic mass is 15.0. The fourth-order valence-electron chi connectivity index (χ4n) is 6.65. The molecule has 7 rings (SSSR count). The molecule has 0 saturated carbocycles. The van der Waals surface area contributed by atoms with Gasteiger partial charge >= 0.3 is 0 Å². The quantitative estimate of drug-likeness (QED) is 0.217. The molecular weight excluding hydrogens is 498 g/mol. The lowest BCUT2D eigenvalue weighted by molar-refractivity contribution is -0.733. The number of rotatable bonds is 5. The van der Waals surface area contributed by atoms with Gasteiger partial charge in [0.1, 0.15) is 13.0 Å². The Hall–Kier alpha value is -4.89. The first-order valence-electron chi connectivity index (χ1n) is 14.4. The Morgan fingerprint density at radius 3 is 1.98 bits per heavy atom. The zero-order valence-electron chi connectivity index (χ0n) is 23.6. The minimum absolute atomic E-state index is 0.0456. The smallest absolute Gasteiger partial charge is 0.201 e. The van der Waals surface area contributed by atoms with Gasteiger partial charge < -0.3 is 0 Å². The summed E-state index contributed by atoms with van der Waals surface area (Å²) in [6, 6.07) is 46.4. The Morgan fingerprint density at radius 1 is 0.561 bits per heavy atom. The summed E-state index contributed by atoms with van der Waals surface area (Å²) in [6.45, 7) is 3.10. The SMILES string of the molecule is Cc1ccccc1-c1cccc[n+]1C(c1ccccc1-c1cccc[n+]1C)C1C[n+]2ccccc2-c2ccccc21. The van der Waals surface area contributed by atoms with Gasteiger partial charge in [-0.05, 0) is 54.4 Å². The Labute approximate surface area is 242 Å². The summed E-state index contributed by atoms with van der Waals surface area (Å²) in [5.41, 5.74) is 11.5. The van der Waals surface area contributed by atoms with Gasteiger partial charge in [0.25, 0.3) is 0 Å². The van der Waals surface area contributed by atoms with Crippen LogP contribution in [0.4, 0.5) is 0 Å². The molecule has 2 atom stereocenters. The fraction of sp³-hybridized carbons (Fsp3) is 0.132. The van der Waals surface area contributed by atoms with Crippen LogP contribution in [0.25, 0.3) is 33.8 Å². The van der Waals surface area contributed by atoms with Crippen LogP contribution in [0.15, 0.2) is 146 Å². The van der Waals surface area contributed by atoms with Gasteiger partial charge in [-0.3, -0.25) is 0 Å². The minimum Gasteiger partial charge on any atom is -0.201 e. The maximum Gasteiger partial charge on any atom is 0.213 e. The molecule has 3 nitrogen and oxygen atoms in total. The number of hydrogen-bond donors (Lipinski definition) is 0. The topological polar surface area (TPSA) is 11.6 Å². The van der Waals surface area contributed by atoms with E-state index in [2.05, 4.69) is 174 Å². The molecule has 0 amide bonds. The Morgan fingerprint density at radius 2 is 1.17 bits per heavy atom. The van der Waals surface area contributed by atoms with Crippen LogP contribution < -0.4 is 13.7 Å². The maximum absolute atomic E-state index is 2.53. The average Bonchev–Trinajstić information content (AvgIpc) is 3.02. The predicted molar refractivity (Wildman–Crippen MR) is 163 cm³/mol. The van der Waals surface area contributed by atoms with Crippen molar-refractivity contribution in [1.29, 1.82) is 0 Å². The van der Waals surface area contributed by atoms with Crippen molar-refractivity contribution in [3.8, 4) is 33.8 Å². The summed E-state index contributed by atoms with van der Waals surface area (Å²) < 4.78 is 7.19. The first-order chi connectivity index (χ1) is 20.2. The number of aromatic nitrogens is 3. The number of hydrogen-bond acceptors (Lipinski definition) is 0. The zero-order valence-corrected chi connectivity index (χ0v) is 23.6. The number of nitrogens with zero attached hydrogens (tertiary/aromatic N) is 3. The third-order valence-corrected chi connectivity index (χ3v) is 8.57. The molecule has 4 heterocycles. The van der Waals surface area contributed by atoms with Crippen molar-refractivity contribution < 1.29 is 13.7 Å². The summed E-state index contributed by atoms with van der Waals surface area (Å²) in [4.78, 5) is 0. The van der Waals surface area contributed by atoms with Crippen molar-refractivity contribution in [2.45, 2.75) is 25.4 Å². The monoisotopic (exact) mass is 532 g/mol. The molecule has 0 radical (unpaired) electrons. The van der Waals surface area contributed by atoms with Gasteiger partial charge in [-0.1, -0.05) is 54.6 Å². The Balaban J connectivity index is 1.53. The Kier molecular flexibility index (Phi) is 6.48. The van der Waals surface area contributed by atoms with Gasteiger partial charge in [0.15, 0.2) is 31.2 Å². The van der Waals surface area contributed by atoms with E-state index in [1.807, 2.05) is 0 Å². The van der Waals surface area contributed by atoms with Crippen molar-refractivity contribution in [2.24, 2.45) is 7.05 Å². The van der Waals surface area contributed by atoms with Crippen molar-refractivity contribution in [1.82, 2.24) is 0 Å².